The van der Waals surface area contributed by atoms with Crippen LogP contribution in [0.2, 0.25) is 5.15 Å². The van der Waals surface area contributed by atoms with Crippen LogP contribution in [-0.2, 0) is 0 Å². The molecule has 0 aliphatic rings. The predicted octanol–water partition coefficient (Wildman–Crippen LogP) is 2.16. The van der Waals surface area contributed by atoms with Gasteiger partial charge in [-0.15, -0.1) is 0 Å². The first-order valence-electron chi connectivity index (χ1n) is 4.88. The lowest BCUT2D eigenvalue weighted by atomic mass is 10.2. The van der Waals surface area contributed by atoms with Gasteiger partial charge in [0.1, 0.15) is 5.15 Å². The van der Waals surface area contributed by atoms with E-state index in [-0.39, 0.29) is 16.4 Å². The highest BCUT2D eigenvalue weighted by atomic mass is 35.5. The van der Waals surface area contributed by atoms with E-state index in [4.69, 9.17) is 11.6 Å². The average Bonchev–Trinajstić information content (AvgIpc) is 2.28. The summed E-state index contributed by atoms with van der Waals surface area (Å²) in [5, 5.41) is 5.05. The molecule has 1 atom stereocenters. The van der Waals surface area contributed by atoms with Crippen molar-refractivity contribution in [3.63, 3.8) is 0 Å². The first-order chi connectivity index (χ1) is 7.95. The summed E-state index contributed by atoms with van der Waals surface area (Å²) in [5.41, 5.74) is 0.404. The number of aromatic nitrogens is 1. The molecule has 0 saturated heterocycles. The molecule has 0 spiro atoms. The van der Waals surface area contributed by atoms with E-state index in [1.54, 1.807) is 0 Å². The fourth-order valence-corrected chi connectivity index (χ4v) is 1.33. The van der Waals surface area contributed by atoms with Gasteiger partial charge in [-0.1, -0.05) is 11.6 Å². The lowest BCUT2D eigenvalue weighted by Crippen LogP contribution is -2.27. The summed E-state index contributed by atoms with van der Waals surface area (Å²) in [6, 6.07) is 0.252. The van der Waals surface area contributed by atoms with Gasteiger partial charge in [-0.05, 0) is 13.0 Å². The SMILES string of the molecule is CNC(=O)c1cnc(Cl)cc1N[C@@H](C)C(F)F. The maximum Gasteiger partial charge on any atom is 0.258 e. The number of hydrogen-bond donors (Lipinski definition) is 2. The summed E-state index contributed by atoms with van der Waals surface area (Å²) in [6.45, 7) is 1.31. The first kappa shape index (κ1) is 13.6. The Hall–Kier alpha value is -1.43. The Balaban J connectivity index is 3.03. The van der Waals surface area contributed by atoms with E-state index >= 15 is 0 Å². The largest absolute Gasteiger partial charge is 0.376 e. The van der Waals surface area contributed by atoms with E-state index in [0.29, 0.717) is 0 Å². The number of hydrogen-bond acceptors (Lipinski definition) is 3. The molecule has 0 aromatic carbocycles. The zero-order valence-electron chi connectivity index (χ0n) is 9.30. The molecule has 0 aliphatic carbocycles. The van der Waals surface area contributed by atoms with Crippen molar-refractivity contribution in [3.8, 4) is 0 Å². The second-order valence-corrected chi connectivity index (χ2v) is 3.79. The van der Waals surface area contributed by atoms with E-state index in [0.717, 1.165) is 0 Å². The number of nitrogens with one attached hydrogen (secondary N) is 2. The summed E-state index contributed by atoms with van der Waals surface area (Å²) in [6.07, 6.45) is -1.30. The number of amides is 1. The maximum absolute atomic E-state index is 12.4. The fourth-order valence-electron chi connectivity index (χ4n) is 1.17. The normalized spacial score (nSPS) is 12.4. The van der Waals surface area contributed by atoms with Crippen LogP contribution in [0.3, 0.4) is 0 Å². The zero-order valence-corrected chi connectivity index (χ0v) is 10.1. The fraction of sp³-hybridized carbons (Fsp3) is 0.400. The van der Waals surface area contributed by atoms with Gasteiger partial charge in [-0.25, -0.2) is 13.8 Å². The van der Waals surface area contributed by atoms with Crippen molar-refractivity contribution >= 4 is 23.2 Å². The van der Waals surface area contributed by atoms with Crippen molar-refractivity contribution in [2.75, 3.05) is 12.4 Å². The molecule has 0 fully saturated rings. The molecule has 1 heterocycles. The van der Waals surface area contributed by atoms with E-state index < -0.39 is 18.4 Å². The molecular formula is C10H12ClF2N3O. The van der Waals surface area contributed by atoms with Crippen molar-refractivity contribution in [2.24, 2.45) is 0 Å². The van der Waals surface area contributed by atoms with Crippen LogP contribution in [0.4, 0.5) is 14.5 Å². The lowest BCUT2D eigenvalue weighted by Gasteiger charge is -2.16. The standard InChI is InChI=1S/C10H12ClF2N3O/c1-5(9(12)13)16-7-3-8(11)15-4-6(7)10(17)14-2/h3-5,9H,1-2H3,(H,14,17)(H,15,16)/t5-/m0/s1. The molecule has 0 radical (unpaired) electrons. The second kappa shape index (κ2) is 5.77. The van der Waals surface area contributed by atoms with Crippen molar-refractivity contribution in [2.45, 2.75) is 19.4 Å². The molecule has 0 unspecified atom stereocenters. The number of nitrogens with zero attached hydrogens (tertiary/aromatic N) is 1. The molecule has 94 valence electrons. The van der Waals surface area contributed by atoms with E-state index in [1.165, 1.54) is 26.2 Å². The van der Waals surface area contributed by atoms with Crippen LogP contribution in [0.25, 0.3) is 0 Å². The first-order valence-corrected chi connectivity index (χ1v) is 5.25. The summed E-state index contributed by atoms with van der Waals surface area (Å²) in [7, 11) is 1.44. The van der Waals surface area contributed by atoms with Gasteiger partial charge in [0.2, 0.25) is 0 Å². The molecule has 1 rings (SSSR count). The number of halogens is 3. The zero-order chi connectivity index (χ0) is 13.0. The Morgan fingerprint density at radius 1 is 1.53 bits per heavy atom. The summed E-state index contributed by atoms with van der Waals surface area (Å²) >= 11 is 5.66. The van der Waals surface area contributed by atoms with Crippen LogP contribution in [0, 0.1) is 0 Å². The van der Waals surface area contributed by atoms with Crippen molar-refractivity contribution in [1.82, 2.24) is 10.3 Å². The number of rotatable bonds is 4. The van der Waals surface area contributed by atoms with Gasteiger partial charge in [-0.2, -0.15) is 0 Å². The van der Waals surface area contributed by atoms with Crippen LogP contribution >= 0.6 is 11.6 Å². The van der Waals surface area contributed by atoms with Gasteiger partial charge >= 0.3 is 0 Å². The van der Waals surface area contributed by atoms with Crippen LogP contribution in [0.5, 0.6) is 0 Å². The third-order valence-electron chi connectivity index (χ3n) is 2.10. The van der Waals surface area contributed by atoms with Crippen molar-refractivity contribution in [3.05, 3.63) is 23.0 Å². The highest BCUT2D eigenvalue weighted by Gasteiger charge is 2.18. The van der Waals surface area contributed by atoms with Gasteiger partial charge in [-0.3, -0.25) is 4.79 Å². The predicted molar refractivity (Wildman–Crippen MR) is 61.7 cm³/mol. The molecule has 0 bridgehead atoms. The summed E-state index contributed by atoms with van der Waals surface area (Å²) in [5.74, 6) is -0.418. The van der Waals surface area contributed by atoms with Gasteiger partial charge in [0.15, 0.2) is 0 Å². The number of alkyl halides is 2. The number of pyridine rings is 1. The van der Waals surface area contributed by atoms with Crippen LogP contribution < -0.4 is 10.6 Å². The minimum atomic E-state index is -2.54. The quantitative estimate of drug-likeness (QED) is 0.819. The van der Waals surface area contributed by atoms with Crippen LogP contribution in [0.15, 0.2) is 12.3 Å². The molecule has 1 aromatic heterocycles. The van der Waals surface area contributed by atoms with E-state index in [1.807, 2.05) is 0 Å². The minimum absolute atomic E-state index is 0.126. The van der Waals surface area contributed by atoms with Crippen LogP contribution in [-0.4, -0.2) is 30.4 Å². The molecule has 4 nitrogen and oxygen atoms in total. The van der Waals surface area contributed by atoms with E-state index in [2.05, 4.69) is 15.6 Å². The Labute approximate surface area is 102 Å². The van der Waals surface area contributed by atoms with Gasteiger partial charge in [0, 0.05) is 13.2 Å². The Kier molecular flexibility index (Phi) is 4.62. The second-order valence-electron chi connectivity index (χ2n) is 3.40. The summed E-state index contributed by atoms with van der Waals surface area (Å²) < 4.78 is 24.8. The molecule has 1 amide bonds. The molecule has 17 heavy (non-hydrogen) atoms. The third-order valence-corrected chi connectivity index (χ3v) is 2.31. The Morgan fingerprint density at radius 2 is 2.18 bits per heavy atom. The van der Waals surface area contributed by atoms with Crippen molar-refractivity contribution < 1.29 is 13.6 Å². The summed E-state index contributed by atoms with van der Waals surface area (Å²) in [4.78, 5) is 15.2. The third kappa shape index (κ3) is 3.52. The maximum atomic E-state index is 12.4. The number of carbonyl (C=O) groups excluding carboxylic acids is 1. The van der Waals surface area contributed by atoms with Gasteiger partial charge < -0.3 is 10.6 Å². The minimum Gasteiger partial charge on any atom is -0.376 e. The number of carbonyl (C=O) groups is 1. The molecule has 0 saturated carbocycles. The Morgan fingerprint density at radius 3 is 2.71 bits per heavy atom. The van der Waals surface area contributed by atoms with Gasteiger partial charge in [0.25, 0.3) is 12.3 Å². The van der Waals surface area contributed by atoms with Crippen molar-refractivity contribution in [1.29, 1.82) is 0 Å². The molecule has 7 heteroatoms. The highest BCUT2D eigenvalue weighted by Crippen LogP contribution is 2.20. The topological polar surface area (TPSA) is 54.0 Å². The molecule has 1 aromatic rings. The van der Waals surface area contributed by atoms with Crippen LogP contribution in [0.1, 0.15) is 17.3 Å². The number of anilines is 1. The molecular weight excluding hydrogens is 252 g/mol. The van der Waals surface area contributed by atoms with E-state index in [9.17, 15) is 13.6 Å². The molecule has 0 aliphatic heterocycles. The lowest BCUT2D eigenvalue weighted by molar-refractivity contribution is 0.0962. The monoisotopic (exact) mass is 263 g/mol. The molecule has 2 N–H and O–H groups in total. The average molecular weight is 264 g/mol. The highest BCUT2D eigenvalue weighted by molar-refractivity contribution is 6.29. The van der Waals surface area contributed by atoms with Gasteiger partial charge in [0.05, 0.1) is 17.3 Å². The Bertz CT molecular complexity index is 415. The smallest absolute Gasteiger partial charge is 0.258 e.